The molecule has 1 fully saturated rings. The van der Waals surface area contributed by atoms with Crippen molar-refractivity contribution in [3.05, 3.63) is 65.7 Å². The van der Waals surface area contributed by atoms with Crippen molar-refractivity contribution in [2.75, 3.05) is 4.31 Å². The molecule has 0 bridgehead atoms. The normalized spacial score (nSPS) is 20.6. The number of hydrogen-bond acceptors (Lipinski definition) is 2. The Hall–Kier alpha value is -2.07. The summed E-state index contributed by atoms with van der Waals surface area (Å²) in [4.78, 5) is 0.370. The molecule has 4 rings (SSSR count). The Balaban J connectivity index is 1.78. The minimum absolute atomic E-state index is 0.121. The van der Waals surface area contributed by atoms with Gasteiger partial charge >= 0.3 is 0 Å². The van der Waals surface area contributed by atoms with E-state index < -0.39 is 10.0 Å². The Kier molecular flexibility index (Phi) is 5.33. The van der Waals surface area contributed by atoms with E-state index in [1.54, 1.807) is 16.4 Å². The lowest BCUT2D eigenvalue weighted by Crippen LogP contribution is -2.43. The quantitative estimate of drug-likeness (QED) is 0.642. The van der Waals surface area contributed by atoms with E-state index in [0.29, 0.717) is 10.8 Å². The summed E-state index contributed by atoms with van der Waals surface area (Å²) in [7, 11) is -3.63. The summed E-state index contributed by atoms with van der Waals surface area (Å²) in [6.45, 7) is 4.08. The fourth-order valence-corrected chi connectivity index (χ4v) is 6.31. The van der Waals surface area contributed by atoms with E-state index in [4.69, 9.17) is 0 Å². The molecule has 28 heavy (non-hydrogen) atoms. The van der Waals surface area contributed by atoms with Gasteiger partial charge in [-0.1, -0.05) is 74.1 Å². The summed E-state index contributed by atoms with van der Waals surface area (Å²) in [5.74, 6) is 0.601. The van der Waals surface area contributed by atoms with Gasteiger partial charge in [0.25, 0.3) is 10.0 Å². The summed E-state index contributed by atoms with van der Waals surface area (Å²) < 4.78 is 29.1. The lowest BCUT2D eigenvalue weighted by molar-refractivity contribution is 0.330. The Labute approximate surface area is 169 Å². The molecule has 0 spiro atoms. The molecule has 4 heteroatoms. The van der Waals surface area contributed by atoms with Crippen molar-refractivity contribution in [1.82, 2.24) is 0 Å². The van der Waals surface area contributed by atoms with Crippen molar-refractivity contribution in [2.24, 2.45) is 5.92 Å². The molecule has 0 aromatic heterocycles. The summed E-state index contributed by atoms with van der Waals surface area (Å²) in [5.41, 5.74) is 4.06. The first-order valence-corrected chi connectivity index (χ1v) is 11.8. The third-order valence-corrected chi connectivity index (χ3v) is 8.04. The fraction of sp³-hybridized carbons (Fsp3) is 0.417. The molecule has 1 aliphatic heterocycles. The Morgan fingerprint density at radius 1 is 0.929 bits per heavy atom. The zero-order chi connectivity index (χ0) is 19.7. The molecule has 2 aromatic rings. The van der Waals surface area contributed by atoms with Crippen LogP contribution in [0.2, 0.25) is 0 Å². The van der Waals surface area contributed by atoms with Crippen LogP contribution in [0.5, 0.6) is 0 Å². The fourth-order valence-electron chi connectivity index (χ4n) is 4.68. The standard InChI is InChI=1S/C24H29NO2S/c1-18-12-14-22(15-13-18)28(26,27)25-21(17-20-8-4-3-5-9-20)16-19(2)23-10-6-7-11-24(23)25/h6-7,10-16,20-21H,3-5,8-9,17H2,1-2H3. The smallest absolute Gasteiger partial charge is 0.259 e. The third-order valence-electron chi connectivity index (χ3n) is 6.19. The van der Waals surface area contributed by atoms with Crippen molar-refractivity contribution in [3.63, 3.8) is 0 Å². The van der Waals surface area contributed by atoms with Crippen LogP contribution in [0.25, 0.3) is 5.57 Å². The van der Waals surface area contributed by atoms with Gasteiger partial charge in [-0.05, 0) is 50.0 Å². The lowest BCUT2D eigenvalue weighted by Gasteiger charge is -2.38. The second kappa shape index (κ2) is 7.75. The average Bonchev–Trinajstić information content (AvgIpc) is 2.69. The van der Waals surface area contributed by atoms with Gasteiger partial charge in [-0.25, -0.2) is 8.42 Å². The topological polar surface area (TPSA) is 37.4 Å². The van der Waals surface area contributed by atoms with Gasteiger partial charge in [0, 0.05) is 5.56 Å². The molecule has 1 saturated carbocycles. The van der Waals surface area contributed by atoms with E-state index >= 15 is 0 Å². The van der Waals surface area contributed by atoms with Crippen molar-refractivity contribution in [2.45, 2.75) is 63.3 Å². The lowest BCUT2D eigenvalue weighted by atomic mass is 9.83. The molecule has 0 amide bonds. The van der Waals surface area contributed by atoms with E-state index in [1.807, 2.05) is 43.3 Å². The van der Waals surface area contributed by atoms with Crippen LogP contribution < -0.4 is 4.31 Å². The van der Waals surface area contributed by atoms with Crippen LogP contribution in [0.15, 0.2) is 59.5 Å². The molecule has 3 nitrogen and oxygen atoms in total. The van der Waals surface area contributed by atoms with Crippen molar-refractivity contribution >= 4 is 21.3 Å². The van der Waals surface area contributed by atoms with E-state index in [0.717, 1.165) is 23.2 Å². The molecular formula is C24H29NO2S. The number of fused-ring (bicyclic) bond motifs is 1. The summed E-state index contributed by atoms with van der Waals surface area (Å²) in [6.07, 6.45) is 9.33. The maximum absolute atomic E-state index is 13.7. The number of anilines is 1. The maximum atomic E-state index is 13.7. The highest BCUT2D eigenvalue weighted by atomic mass is 32.2. The second-order valence-electron chi connectivity index (χ2n) is 8.29. The highest BCUT2D eigenvalue weighted by Gasteiger charge is 2.36. The van der Waals surface area contributed by atoms with Gasteiger partial charge in [0.15, 0.2) is 0 Å². The van der Waals surface area contributed by atoms with Crippen LogP contribution in [0, 0.1) is 12.8 Å². The first-order valence-electron chi connectivity index (χ1n) is 10.4. The van der Waals surface area contributed by atoms with Gasteiger partial charge in [-0.2, -0.15) is 0 Å². The van der Waals surface area contributed by atoms with Gasteiger partial charge < -0.3 is 0 Å². The van der Waals surface area contributed by atoms with Gasteiger partial charge in [-0.15, -0.1) is 0 Å². The molecular weight excluding hydrogens is 366 g/mol. The Morgan fingerprint density at radius 3 is 2.32 bits per heavy atom. The van der Waals surface area contributed by atoms with Crippen molar-refractivity contribution in [1.29, 1.82) is 0 Å². The minimum Gasteiger partial charge on any atom is -0.259 e. The summed E-state index contributed by atoms with van der Waals surface area (Å²) >= 11 is 0. The van der Waals surface area contributed by atoms with Crippen LogP contribution in [0.4, 0.5) is 5.69 Å². The van der Waals surface area contributed by atoms with Gasteiger partial charge in [0.1, 0.15) is 0 Å². The van der Waals surface area contributed by atoms with Crippen LogP contribution in [-0.4, -0.2) is 14.5 Å². The number of aryl methyl sites for hydroxylation is 1. The molecule has 1 atom stereocenters. The van der Waals surface area contributed by atoms with Gasteiger partial charge in [0.2, 0.25) is 0 Å². The highest BCUT2D eigenvalue weighted by molar-refractivity contribution is 7.92. The molecule has 0 N–H and O–H groups in total. The number of nitrogens with zero attached hydrogens (tertiary/aromatic N) is 1. The number of hydrogen-bond donors (Lipinski definition) is 0. The summed E-state index contributed by atoms with van der Waals surface area (Å²) in [6, 6.07) is 15.0. The number of rotatable bonds is 4. The van der Waals surface area contributed by atoms with E-state index in [-0.39, 0.29) is 6.04 Å². The van der Waals surface area contributed by atoms with Crippen LogP contribution in [0.3, 0.4) is 0 Å². The highest BCUT2D eigenvalue weighted by Crippen LogP contribution is 2.40. The first-order chi connectivity index (χ1) is 13.5. The predicted molar refractivity (Wildman–Crippen MR) is 116 cm³/mol. The van der Waals surface area contributed by atoms with Crippen LogP contribution >= 0.6 is 0 Å². The molecule has 1 heterocycles. The maximum Gasteiger partial charge on any atom is 0.264 e. The largest absolute Gasteiger partial charge is 0.264 e. The Bertz CT molecular complexity index is 970. The third kappa shape index (κ3) is 3.62. The van der Waals surface area contributed by atoms with Crippen molar-refractivity contribution < 1.29 is 8.42 Å². The van der Waals surface area contributed by atoms with Crippen LogP contribution in [-0.2, 0) is 10.0 Å². The minimum atomic E-state index is -3.63. The SMILES string of the molecule is CC1=CC(CC2CCCCC2)N(S(=O)(=O)c2ccc(C)cc2)c2ccccc21. The zero-order valence-electron chi connectivity index (χ0n) is 16.8. The molecule has 2 aromatic carbocycles. The predicted octanol–water partition coefficient (Wildman–Crippen LogP) is 5.95. The van der Waals surface area contributed by atoms with E-state index in [1.165, 1.54) is 37.7 Å². The number of allylic oxidation sites excluding steroid dienone is 1. The molecule has 148 valence electrons. The molecule has 1 unspecified atom stereocenters. The van der Waals surface area contributed by atoms with Gasteiger partial charge in [0.05, 0.1) is 16.6 Å². The second-order valence-corrected chi connectivity index (χ2v) is 10.1. The van der Waals surface area contributed by atoms with Crippen LogP contribution in [0.1, 0.15) is 56.6 Å². The number of para-hydroxylation sites is 1. The van der Waals surface area contributed by atoms with Crippen molar-refractivity contribution in [3.8, 4) is 0 Å². The van der Waals surface area contributed by atoms with Gasteiger partial charge in [-0.3, -0.25) is 4.31 Å². The zero-order valence-corrected chi connectivity index (χ0v) is 17.6. The molecule has 0 radical (unpaired) electrons. The summed E-state index contributed by atoms with van der Waals surface area (Å²) in [5, 5.41) is 0. The average molecular weight is 396 g/mol. The monoisotopic (exact) mass is 395 g/mol. The van der Waals surface area contributed by atoms with E-state index in [2.05, 4.69) is 13.0 Å². The first kappa shape index (κ1) is 19.3. The van der Waals surface area contributed by atoms with E-state index in [9.17, 15) is 8.42 Å². The number of sulfonamides is 1. The molecule has 0 saturated heterocycles. The number of benzene rings is 2. The molecule has 1 aliphatic carbocycles. The Morgan fingerprint density at radius 2 is 1.61 bits per heavy atom. The molecule has 2 aliphatic rings.